The summed E-state index contributed by atoms with van der Waals surface area (Å²) in [4.78, 5) is 0. The zero-order valence-corrected chi connectivity index (χ0v) is 25.7. The van der Waals surface area contributed by atoms with Crippen LogP contribution in [0.1, 0.15) is 54.9 Å². The second kappa shape index (κ2) is 10.7. The Kier molecular flexibility index (Phi) is 9.25. The van der Waals surface area contributed by atoms with Crippen LogP contribution in [0.3, 0.4) is 0 Å². The zero-order valence-electron chi connectivity index (χ0n) is 20.6. The fourth-order valence-electron chi connectivity index (χ4n) is 5.59. The maximum Gasteiger partial charge on any atom is -0.147 e. The molecule has 32 heavy (non-hydrogen) atoms. The van der Waals surface area contributed by atoms with Crippen LogP contribution in [0.25, 0.3) is 17.2 Å². The van der Waals surface area contributed by atoms with Crippen LogP contribution in [0.5, 0.6) is 0 Å². The Bertz CT molecular complexity index is 1170. The SMILES string of the molecule is CC1=Cc2c(ccc(C)c2-c2ccccc2)[CH]1[Zr]([C]1=C(C)C(C)=C(C)C1C)=[Si](C)C.Cl.Cl. The second-order valence-corrected chi connectivity index (χ2v) is 26.8. The Hall–Kier alpha value is -0.660. The van der Waals surface area contributed by atoms with Crippen molar-refractivity contribution in [3.8, 4) is 11.1 Å². The standard InChI is InChI=1S/C17H15.C9H13.C2H6Si.2ClH.Zr/c1-12-10-15-9-8-13(2)17(16(15)11-12)14-6-4-3-5-7-14;1-6-5-7(2)9(4)8(6)3;1-3-2;;;/h3-11H,1-2H3;6H,1-4H3;1-2H3;2*1H;. The number of benzene rings is 2. The predicted octanol–water partition coefficient (Wildman–Crippen LogP) is 9.09. The van der Waals surface area contributed by atoms with Crippen molar-refractivity contribution >= 4 is 36.3 Å². The first-order valence-corrected chi connectivity index (χ1v) is 20.0. The van der Waals surface area contributed by atoms with Gasteiger partial charge in [-0.15, -0.1) is 24.8 Å². The number of hydrogen-bond donors (Lipinski definition) is 0. The molecule has 2 unspecified atom stereocenters. The van der Waals surface area contributed by atoms with Gasteiger partial charge in [0.25, 0.3) is 0 Å². The molecule has 0 aliphatic heterocycles. The van der Waals surface area contributed by atoms with E-state index in [1.54, 1.807) is 27.9 Å². The van der Waals surface area contributed by atoms with Crippen LogP contribution in [-0.4, -0.2) is 5.43 Å². The van der Waals surface area contributed by atoms with Crippen LogP contribution >= 0.6 is 24.8 Å². The van der Waals surface area contributed by atoms with Crippen molar-refractivity contribution in [2.45, 2.75) is 58.3 Å². The summed E-state index contributed by atoms with van der Waals surface area (Å²) in [7, 11) is 0. The minimum Gasteiger partial charge on any atom is -0.147 e. The Morgan fingerprint density at radius 1 is 0.812 bits per heavy atom. The van der Waals surface area contributed by atoms with Gasteiger partial charge < -0.3 is 0 Å². The van der Waals surface area contributed by atoms with Gasteiger partial charge >= 0.3 is 192 Å². The maximum atomic E-state index is 2.60. The van der Waals surface area contributed by atoms with Crippen molar-refractivity contribution in [1.82, 2.24) is 0 Å². The van der Waals surface area contributed by atoms with Gasteiger partial charge in [0.15, 0.2) is 0 Å². The summed E-state index contributed by atoms with van der Waals surface area (Å²) in [6.07, 6.45) is 2.54. The first-order valence-electron chi connectivity index (χ1n) is 11.2. The van der Waals surface area contributed by atoms with E-state index in [2.05, 4.69) is 103 Å². The minimum atomic E-state index is -1.91. The van der Waals surface area contributed by atoms with E-state index in [-0.39, 0.29) is 30.2 Å². The van der Waals surface area contributed by atoms with Crippen LogP contribution in [0.2, 0.25) is 13.1 Å². The quantitative estimate of drug-likeness (QED) is 0.327. The van der Waals surface area contributed by atoms with Crippen molar-refractivity contribution < 1.29 is 20.4 Å². The molecule has 0 amide bonds. The summed E-state index contributed by atoms with van der Waals surface area (Å²) < 4.78 is 2.62. The molecule has 4 rings (SSSR count). The Balaban J connectivity index is 0.00000181. The molecule has 0 spiro atoms. The van der Waals surface area contributed by atoms with E-state index in [0.717, 1.165) is 0 Å². The zero-order chi connectivity index (χ0) is 21.7. The topological polar surface area (TPSA) is 0 Å². The monoisotopic (exact) mass is 560 g/mol. The molecule has 0 saturated carbocycles. The summed E-state index contributed by atoms with van der Waals surface area (Å²) in [5.41, 5.74) is 13.5. The van der Waals surface area contributed by atoms with Gasteiger partial charge in [0.2, 0.25) is 0 Å². The average Bonchev–Trinajstić information content (AvgIpc) is 3.13. The molecule has 0 N–H and O–H groups in total. The number of fused-ring (bicyclic) bond motifs is 1. The van der Waals surface area contributed by atoms with Crippen molar-refractivity contribution in [2.24, 2.45) is 5.92 Å². The molecule has 0 fully saturated rings. The summed E-state index contributed by atoms with van der Waals surface area (Å²) >= 11 is -1.91. The normalized spacial score (nSPS) is 19.3. The Morgan fingerprint density at radius 3 is 1.97 bits per heavy atom. The van der Waals surface area contributed by atoms with Crippen molar-refractivity contribution in [3.05, 3.63) is 84.7 Å². The van der Waals surface area contributed by atoms with E-state index >= 15 is 0 Å². The average molecular weight is 563 g/mol. The Morgan fingerprint density at radius 2 is 1.44 bits per heavy atom. The Labute approximate surface area is 215 Å². The molecule has 0 saturated heterocycles. The van der Waals surface area contributed by atoms with Crippen molar-refractivity contribution in [2.75, 3.05) is 0 Å². The molecule has 0 aromatic heterocycles. The van der Waals surface area contributed by atoms with E-state index in [0.29, 0.717) is 9.54 Å². The molecule has 4 heteroatoms. The van der Waals surface area contributed by atoms with Gasteiger partial charge in [0.05, 0.1) is 0 Å². The van der Waals surface area contributed by atoms with Gasteiger partial charge in [-0.05, 0) is 0 Å². The minimum absolute atomic E-state index is 0. The van der Waals surface area contributed by atoms with E-state index in [9.17, 15) is 0 Å². The smallest absolute Gasteiger partial charge is 0.147 e. The number of halogens is 2. The van der Waals surface area contributed by atoms with Crippen LogP contribution in [0.15, 0.2) is 68.0 Å². The van der Waals surface area contributed by atoms with Crippen LogP contribution in [-0.2, 0) is 20.4 Å². The molecule has 2 aromatic carbocycles. The fraction of sp³-hybridized carbons (Fsp3) is 0.357. The largest absolute Gasteiger partial charge is 0.147 e. The first-order chi connectivity index (χ1) is 14.2. The summed E-state index contributed by atoms with van der Waals surface area (Å²) in [5.74, 6) is 0.662. The number of aryl methyl sites for hydroxylation is 1. The van der Waals surface area contributed by atoms with Gasteiger partial charge in [-0.3, -0.25) is 0 Å². The third kappa shape index (κ3) is 4.50. The molecule has 2 atom stereocenters. The van der Waals surface area contributed by atoms with Crippen molar-refractivity contribution in [1.29, 1.82) is 0 Å². The van der Waals surface area contributed by atoms with Gasteiger partial charge in [0.1, 0.15) is 0 Å². The summed E-state index contributed by atoms with van der Waals surface area (Å²) in [6, 6.07) is 15.9. The first kappa shape index (κ1) is 27.6. The fourth-order valence-corrected chi connectivity index (χ4v) is 26.2. The van der Waals surface area contributed by atoms with Gasteiger partial charge in [-0.1, -0.05) is 0 Å². The molecule has 0 heterocycles. The molecular weight excluding hydrogens is 527 g/mol. The molecule has 0 nitrogen and oxygen atoms in total. The third-order valence-corrected chi connectivity index (χ3v) is 26.5. The maximum absolute atomic E-state index is 2.60. The molecule has 2 aromatic rings. The summed E-state index contributed by atoms with van der Waals surface area (Å²) in [5, 5.41) is 0. The van der Waals surface area contributed by atoms with Crippen molar-refractivity contribution in [3.63, 3.8) is 0 Å². The predicted molar refractivity (Wildman–Crippen MR) is 145 cm³/mol. The van der Waals surface area contributed by atoms with Crippen LogP contribution in [0.4, 0.5) is 0 Å². The van der Waals surface area contributed by atoms with E-state index in [1.165, 1.54) is 22.3 Å². The third-order valence-electron chi connectivity index (χ3n) is 7.45. The summed E-state index contributed by atoms with van der Waals surface area (Å²) in [6.45, 7) is 19.5. The van der Waals surface area contributed by atoms with E-state index in [1.807, 2.05) is 3.28 Å². The van der Waals surface area contributed by atoms with Gasteiger partial charge in [0, 0.05) is 0 Å². The van der Waals surface area contributed by atoms with Gasteiger partial charge in [-0.25, -0.2) is 0 Å². The van der Waals surface area contributed by atoms with Crippen LogP contribution in [0, 0.1) is 12.8 Å². The molecule has 0 radical (unpaired) electrons. The molecule has 170 valence electrons. The van der Waals surface area contributed by atoms with Crippen LogP contribution < -0.4 is 0 Å². The molecule has 0 bridgehead atoms. The molecule has 2 aliphatic rings. The van der Waals surface area contributed by atoms with E-state index in [4.69, 9.17) is 0 Å². The number of hydrogen-bond acceptors (Lipinski definition) is 0. The molecular formula is C28H36Cl2SiZr. The van der Waals surface area contributed by atoms with Gasteiger partial charge in [-0.2, -0.15) is 0 Å². The second-order valence-electron chi connectivity index (χ2n) is 9.43. The number of rotatable bonds is 3. The number of allylic oxidation sites excluding steroid dienone is 5. The molecule has 2 aliphatic carbocycles. The van der Waals surface area contributed by atoms with E-state index < -0.39 is 20.4 Å².